The van der Waals surface area contributed by atoms with Crippen molar-refractivity contribution in [1.29, 1.82) is 0 Å². The Kier molecular flexibility index (Phi) is 4.21. The molecule has 3 aromatic carbocycles. The van der Waals surface area contributed by atoms with E-state index in [2.05, 4.69) is 91.9 Å². The van der Waals surface area contributed by atoms with E-state index in [-0.39, 0.29) is 0 Å². The number of hydrogen-bond donors (Lipinski definition) is 0. The van der Waals surface area contributed by atoms with Crippen LogP contribution < -0.4 is 0 Å². The molecule has 0 heteroatoms. The molecule has 3 unspecified atom stereocenters. The average molecular weight is 311 g/mol. The molecule has 1 aliphatic rings. The zero-order chi connectivity index (χ0) is 16.4. The fraction of sp³-hybridized carbons (Fsp3) is 0.250. The van der Waals surface area contributed by atoms with E-state index in [9.17, 15) is 0 Å². The van der Waals surface area contributed by atoms with Gasteiger partial charge < -0.3 is 0 Å². The number of rotatable bonds is 4. The molecule has 0 nitrogen and oxygen atoms in total. The van der Waals surface area contributed by atoms with Gasteiger partial charge in [-0.25, -0.2) is 0 Å². The summed E-state index contributed by atoms with van der Waals surface area (Å²) in [5, 5.41) is 0. The van der Waals surface area contributed by atoms with Gasteiger partial charge in [-0.3, -0.25) is 0 Å². The van der Waals surface area contributed by atoms with Crippen molar-refractivity contribution in [3.8, 4) is 0 Å². The molecule has 0 aliphatic heterocycles. The van der Waals surface area contributed by atoms with Crippen molar-refractivity contribution < 1.29 is 0 Å². The van der Waals surface area contributed by atoms with E-state index in [0.29, 0.717) is 17.8 Å². The maximum absolute atomic E-state index is 3.33. The Labute approximate surface area is 145 Å². The Hall–Kier alpha value is -2.34. The zero-order valence-corrected chi connectivity index (χ0v) is 14.2. The van der Waals surface area contributed by atoms with E-state index in [1.165, 1.54) is 35.1 Å². The number of benzene rings is 3. The molecule has 0 saturated heterocycles. The number of fused-ring (bicyclic) bond motifs is 1. The number of hydrogen-bond acceptors (Lipinski definition) is 0. The van der Waals surface area contributed by atoms with Crippen LogP contribution in [0.25, 0.3) is 0 Å². The molecule has 0 aromatic heterocycles. The molecule has 0 amide bonds. The van der Waals surface area contributed by atoms with Gasteiger partial charge in [0.25, 0.3) is 0 Å². The Balaban J connectivity index is 1.90. The monoisotopic (exact) mass is 311 g/mol. The smallest absolute Gasteiger partial charge is 0.0167 e. The first-order valence-electron chi connectivity index (χ1n) is 9.00. The van der Waals surface area contributed by atoms with Crippen LogP contribution in [-0.2, 0) is 0 Å². The summed E-state index contributed by atoms with van der Waals surface area (Å²) in [5.74, 6) is 1.53. The second-order valence-corrected chi connectivity index (χ2v) is 6.78. The van der Waals surface area contributed by atoms with Crippen LogP contribution in [-0.4, -0.2) is 0 Å². The normalized spacial score (nSPS) is 22.3. The molecule has 0 fully saturated rings. The molecule has 0 saturated carbocycles. The van der Waals surface area contributed by atoms with Crippen molar-refractivity contribution in [1.82, 2.24) is 0 Å². The predicted octanol–water partition coefficient (Wildman–Crippen LogP) is 6.30. The molecule has 119 valence electrons. The summed E-state index contributed by atoms with van der Waals surface area (Å²) < 4.78 is 0. The molecule has 3 aromatic rings. The van der Waals surface area contributed by atoms with Crippen LogP contribution in [0.3, 0.4) is 0 Å². The van der Waals surface area contributed by atoms with Gasteiger partial charge in [0.15, 0.2) is 0 Å². The average Bonchev–Trinajstić information content (AvgIpc) is 2.98. The Morgan fingerprint density at radius 3 is 2.12 bits per heavy atom. The quantitative estimate of drug-likeness (QED) is 0.530. The van der Waals surface area contributed by atoms with Gasteiger partial charge in [-0.05, 0) is 40.7 Å². The SMILES string of the molecule is CCCC1c2cc[c]cc2C(c2ccccc2)C1c1ccccc1. The minimum atomic E-state index is 0.428. The molecule has 24 heavy (non-hydrogen) atoms. The van der Waals surface area contributed by atoms with Crippen molar-refractivity contribution >= 4 is 0 Å². The largest absolute Gasteiger partial charge is 0.0654 e. The fourth-order valence-corrected chi connectivity index (χ4v) is 4.47. The van der Waals surface area contributed by atoms with Crippen LogP contribution >= 0.6 is 0 Å². The van der Waals surface area contributed by atoms with E-state index < -0.39 is 0 Å². The Morgan fingerprint density at radius 2 is 1.46 bits per heavy atom. The van der Waals surface area contributed by atoms with E-state index in [1.54, 1.807) is 0 Å². The molecule has 0 bridgehead atoms. The Morgan fingerprint density at radius 1 is 0.792 bits per heavy atom. The van der Waals surface area contributed by atoms with Gasteiger partial charge in [-0.1, -0.05) is 92.2 Å². The third-order valence-electron chi connectivity index (χ3n) is 5.40. The first-order valence-corrected chi connectivity index (χ1v) is 9.00. The highest BCUT2D eigenvalue weighted by Crippen LogP contribution is 2.56. The van der Waals surface area contributed by atoms with Crippen molar-refractivity contribution in [3.63, 3.8) is 0 Å². The molecular weight excluding hydrogens is 288 g/mol. The second-order valence-electron chi connectivity index (χ2n) is 6.78. The summed E-state index contributed by atoms with van der Waals surface area (Å²) in [6.45, 7) is 2.30. The first kappa shape index (κ1) is 15.2. The standard InChI is InChI=1S/C24H23/c1-2-11-21-20-16-9-10-17-22(20)24(19-14-7-4-8-15-19)23(21)18-12-5-3-6-13-18/h3-9,12-17,21,23-24H,2,11H2,1H3. The van der Waals surface area contributed by atoms with Crippen LogP contribution in [0.5, 0.6) is 0 Å². The van der Waals surface area contributed by atoms with Crippen LogP contribution in [0.2, 0.25) is 0 Å². The lowest BCUT2D eigenvalue weighted by molar-refractivity contribution is 0.504. The summed E-state index contributed by atoms with van der Waals surface area (Å²) in [4.78, 5) is 0. The van der Waals surface area contributed by atoms with Crippen molar-refractivity contribution in [2.75, 3.05) is 0 Å². The van der Waals surface area contributed by atoms with E-state index in [1.807, 2.05) is 0 Å². The predicted molar refractivity (Wildman–Crippen MR) is 100 cm³/mol. The molecule has 1 radical (unpaired) electrons. The first-order chi connectivity index (χ1) is 11.9. The lowest BCUT2D eigenvalue weighted by Gasteiger charge is -2.26. The molecule has 0 spiro atoms. The molecule has 0 heterocycles. The second kappa shape index (κ2) is 6.65. The maximum atomic E-state index is 3.33. The topological polar surface area (TPSA) is 0 Å². The van der Waals surface area contributed by atoms with Gasteiger partial charge >= 0.3 is 0 Å². The fourth-order valence-electron chi connectivity index (χ4n) is 4.47. The lowest BCUT2D eigenvalue weighted by Crippen LogP contribution is -2.12. The van der Waals surface area contributed by atoms with Gasteiger partial charge in [0.2, 0.25) is 0 Å². The van der Waals surface area contributed by atoms with Crippen molar-refractivity contribution in [2.24, 2.45) is 0 Å². The van der Waals surface area contributed by atoms with Crippen molar-refractivity contribution in [3.05, 3.63) is 107 Å². The van der Waals surface area contributed by atoms with Gasteiger partial charge in [-0.2, -0.15) is 0 Å². The van der Waals surface area contributed by atoms with Gasteiger partial charge in [0.05, 0.1) is 0 Å². The lowest BCUT2D eigenvalue weighted by atomic mass is 9.76. The summed E-state index contributed by atoms with van der Waals surface area (Å²) in [6, 6.07) is 32.0. The van der Waals surface area contributed by atoms with Gasteiger partial charge in [0, 0.05) is 11.8 Å². The third kappa shape index (κ3) is 2.57. The highest BCUT2D eigenvalue weighted by atomic mass is 14.4. The minimum absolute atomic E-state index is 0.428. The van der Waals surface area contributed by atoms with Crippen molar-refractivity contribution in [2.45, 2.75) is 37.5 Å². The van der Waals surface area contributed by atoms with E-state index in [0.717, 1.165) is 0 Å². The minimum Gasteiger partial charge on any atom is -0.0654 e. The molecular formula is C24H23. The zero-order valence-electron chi connectivity index (χ0n) is 14.2. The van der Waals surface area contributed by atoms with Crippen LogP contribution in [0, 0.1) is 6.07 Å². The van der Waals surface area contributed by atoms with Gasteiger partial charge in [-0.15, -0.1) is 0 Å². The molecule has 1 aliphatic carbocycles. The highest BCUT2D eigenvalue weighted by molar-refractivity contribution is 5.50. The van der Waals surface area contributed by atoms with Gasteiger partial charge in [0.1, 0.15) is 0 Å². The Bertz CT molecular complexity index is 789. The van der Waals surface area contributed by atoms with Crippen LogP contribution in [0.4, 0.5) is 0 Å². The van der Waals surface area contributed by atoms with E-state index >= 15 is 0 Å². The summed E-state index contributed by atoms with van der Waals surface area (Å²) in [7, 11) is 0. The van der Waals surface area contributed by atoms with Crippen LogP contribution in [0.1, 0.15) is 59.8 Å². The molecule has 0 N–H and O–H groups in total. The van der Waals surface area contributed by atoms with Crippen LogP contribution in [0.15, 0.2) is 78.9 Å². The van der Waals surface area contributed by atoms with E-state index in [4.69, 9.17) is 0 Å². The third-order valence-corrected chi connectivity index (χ3v) is 5.40. The highest BCUT2D eigenvalue weighted by Gasteiger charge is 2.41. The maximum Gasteiger partial charge on any atom is 0.0167 e. The molecule has 4 rings (SSSR count). The summed E-state index contributed by atoms with van der Waals surface area (Å²) in [5.41, 5.74) is 5.88. The summed E-state index contributed by atoms with van der Waals surface area (Å²) in [6.07, 6.45) is 2.45. The summed E-state index contributed by atoms with van der Waals surface area (Å²) >= 11 is 0. The molecule has 3 atom stereocenters.